The fraction of sp³-hybridized carbons (Fsp3) is 0.289. The molecule has 2 aliphatic heterocycles. The fourth-order valence-corrected chi connectivity index (χ4v) is 7.39. The Bertz CT molecular complexity index is 2370. The number of nitriles is 1. The molecule has 8 rings (SSSR count). The summed E-state index contributed by atoms with van der Waals surface area (Å²) in [4.78, 5) is 26.2. The Balaban J connectivity index is 0.969. The molecule has 4 aromatic heterocycles. The normalized spacial score (nSPS) is 16.2. The van der Waals surface area contributed by atoms with Crippen LogP contribution in [0, 0.1) is 31.0 Å². The molecule has 1 amide bonds. The first-order valence-corrected chi connectivity index (χ1v) is 17.7. The highest BCUT2D eigenvalue weighted by molar-refractivity contribution is 7.12. The van der Waals surface area contributed by atoms with Gasteiger partial charge in [-0.1, -0.05) is 12.1 Å². The molecule has 0 aliphatic carbocycles. The molecular formula is C38H35FN8O3S. The van der Waals surface area contributed by atoms with Crippen LogP contribution in [-0.2, 0) is 24.4 Å². The van der Waals surface area contributed by atoms with Gasteiger partial charge in [0.15, 0.2) is 5.82 Å². The number of anilines is 1. The average Bonchev–Trinajstić information content (AvgIpc) is 3.79. The molecule has 2 N–H and O–H groups in total. The minimum Gasteiger partial charge on any atom is -0.472 e. The number of carbonyl (C=O) groups is 1. The smallest absolute Gasteiger partial charge is 0.255 e. The zero-order valence-electron chi connectivity index (χ0n) is 28.2. The van der Waals surface area contributed by atoms with E-state index in [9.17, 15) is 9.18 Å². The topological polar surface area (TPSA) is 134 Å². The number of thiophene rings is 1. The lowest BCUT2D eigenvalue weighted by Gasteiger charge is -2.29. The number of rotatable bonds is 10. The van der Waals surface area contributed by atoms with E-state index in [1.54, 1.807) is 6.07 Å². The van der Waals surface area contributed by atoms with Crippen LogP contribution in [-0.4, -0.2) is 61.3 Å². The monoisotopic (exact) mass is 702 g/mol. The number of aromatic nitrogens is 5. The van der Waals surface area contributed by atoms with Gasteiger partial charge in [-0.05, 0) is 80.3 Å². The minimum atomic E-state index is -0.523. The van der Waals surface area contributed by atoms with Gasteiger partial charge in [-0.3, -0.25) is 14.8 Å². The van der Waals surface area contributed by atoms with E-state index in [4.69, 9.17) is 24.7 Å². The van der Waals surface area contributed by atoms with Crippen molar-refractivity contribution >= 4 is 50.4 Å². The number of hydrogen-bond acceptors (Lipinski definition) is 9. The highest BCUT2D eigenvalue weighted by atomic mass is 32.1. The number of fused-ring (bicyclic) bond motifs is 2. The van der Waals surface area contributed by atoms with Crippen LogP contribution in [0.4, 0.5) is 10.1 Å². The van der Waals surface area contributed by atoms with Gasteiger partial charge in [0.25, 0.3) is 5.91 Å². The van der Waals surface area contributed by atoms with Gasteiger partial charge in [0, 0.05) is 47.3 Å². The number of hydrogen-bond donors (Lipinski definition) is 2. The predicted molar refractivity (Wildman–Crippen MR) is 193 cm³/mol. The molecular weight excluding hydrogens is 668 g/mol. The number of pyridine rings is 1. The van der Waals surface area contributed by atoms with Crippen molar-refractivity contribution in [1.82, 2.24) is 29.6 Å². The SMILES string of the molecule is Cc1n[nH]c2c(C)cc(NC(=O)c3ccc4c(c3)nc(CN3CC=C(c5cccc(OCc6cc(F)c(C#N)s6)n5)CC3)n4C[C@@H]3CCO3)cc12. The molecule has 51 heavy (non-hydrogen) atoms. The van der Waals surface area contributed by atoms with Gasteiger partial charge >= 0.3 is 0 Å². The van der Waals surface area contributed by atoms with Crippen molar-refractivity contribution in [2.75, 3.05) is 25.0 Å². The zero-order valence-corrected chi connectivity index (χ0v) is 29.0. The highest BCUT2D eigenvalue weighted by Crippen LogP contribution is 2.29. The third-order valence-electron chi connectivity index (χ3n) is 9.50. The maximum absolute atomic E-state index is 13.8. The Hall–Kier alpha value is -5.42. The Labute approximate surface area is 297 Å². The van der Waals surface area contributed by atoms with E-state index in [0.717, 1.165) is 99.8 Å². The first kappa shape index (κ1) is 32.8. The molecule has 11 nitrogen and oxygen atoms in total. The summed E-state index contributed by atoms with van der Waals surface area (Å²) in [6.45, 7) is 7.76. The Kier molecular flexibility index (Phi) is 8.81. The molecule has 1 saturated heterocycles. The first-order valence-electron chi connectivity index (χ1n) is 16.9. The highest BCUT2D eigenvalue weighted by Gasteiger charge is 2.24. The number of ether oxygens (including phenoxy) is 2. The number of imidazole rings is 1. The van der Waals surface area contributed by atoms with Crippen molar-refractivity contribution in [3.05, 3.63) is 105 Å². The second kappa shape index (κ2) is 13.7. The molecule has 1 fully saturated rings. The fourth-order valence-electron chi connectivity index (χ4n) is 6.64. The van der Waals surface area contributed by atoms with Crippen LogP contribution in [0.2, 0.25) is 0 Å². The van der Waals surface area contributed by atoms with E-state index in [1.807, 2.05) is 62.4 Å². The first-order chi connectivity index (χ1) is 24.8. The summed E-state index contributed by atoms with van der Waals surface area (Å²) in [6, 6.07) is 18.5. The van der Waals surface area contributed by atoms with Crippen LogP contribution < -0.4 is 10.1 Å². The van der Waals surface area contributed by atoms with Crippen LogP contribution in [0.3, 0.4) is 0 Å². The lowest BCUT2D eigenvalue weighted by atomic mass is 10.0. The quantitative estimate of drug-likeness (QED) is 0.157. The average molecular weight is 703 g/mol. The molecule has 0 unspecified atom stereocenters. The van der Waals surface area contributed by atoms with Crippen LogP contribution in [0.25, 0.3) is 27.5 Å². The van der Waals surface area contributed by atoms with Gasteiger partial charge in [0.05, 0.1) is 47.1 Å². The van der Waals surface area contributed by atoms with Crippen molar-refractivity contribution in [2.24, 2.45) is 0 Å². The van der Waals surface area contributed by atoms with Crippen molar-refractivity contribution in [3.63, 3.8) is 0 Å². The summed E-state index contributed by atoms with van der Waals surface area (Å²) in [7, 11) is 0. The van der Waals surface area contributed by atoms with Crippen molar-refractivity contribution in [1.29, 1.82) is 5.26 Å². The third kappa shape index (κ3) is 6.73. The maximum Gasteiger partial charge on any atom is 0.255 e. The van der Waals surface area contributed by atoms with Crippen molar-refractivity contribution < 1.29 is 18.7 Å². The van der Waals surface area contributed by atoms with Crippen LogP contribution >= 0.6 is 11.3 Å². The summed E-state index contributed by atoms with van der Waals surface area (Å²) < 4.78 is 27.7. The number of carbonyl (C=O) groups excluding carboxylic acids is 1. The van der Waals surface area contributed by atoms with Gasteiger partial charge in [-0.15, -0.1) is 11.3 Å². The molecule has 258 valence electrons. The maximum atomic E-state index is 13.8. The van der Waals surface area contributed by atoms with E-state index in [0.29, 0.717) is 29.4 Å². The van der Waals surface area contributed by atoms with Crippen molar-refractivity contribution in [3.8, 4) is 11.9 Å². The standard InChI is InChI=1S/C38H35FN8O3S/c1-22-14-26(16-29-23(2)44-45-37(22)29)41-38(48)25-6-7-33-32(15-25)42-35(47(33)19-27-10-13-49-27)20-46-11-8-24(9-12-46)31-4-3-5-36(43-31)50-21-28-17-30(39)34(18-40)51-28/h3-8,14-17,27H,9-13,19-21H2,1-2H3,(H,41,48)(H,44,45)/t27-/m0/s1. The molecule has 0 saturated carbocycles. The molecule has 0 spiro atoms. The van der Waals surface area contributed by atoms with E-state index >= 15 is 0 Å². The van der Waals surface area contributed by atoms with Crippen LogP contribution in [0.5, 0.6) is 5.88 Å². The molecule has 13 heteroatoms. The van der Waals surface area contributed by atoms with Gasteiger partial charge < -0.3 is 19.4 Å². The van der Waals surface area contributed by atoms with Crippen LogP contribution in [0.1, 0.15) is 55.7 Å². The predicted octanol–water partition coefficient (Wildman–Crippen LogP) is 6.91. The summed E-state index contributed by atoms with van der Waals surface area (Å²) in [6.07, 6.45) is 4.15. The largest absolute Gasteiger partial charge is 0.472 e. The number of amides is 1. The van der Waals surface area contributed by atoms with E-state index in [-0.39, 0.29) is 23.5 Å². The molecule has 6 aromatic rings. The zero-order chi connectivity index (χ0) is 35.1. The Morgan fingerprint density at radius 1 is 1.20 bits per heavy atom. The molecule has 0 radical (unpaired) electrons. The number of nitrogens with zero attached hydrogens (tertiary/aromatic N) is 6. The lowest BCUT2D eigenvalue weighted by Crippen LogP contribution is -2.33. The van der Waals surface area contributed by atoms with Crippen LogP contribution in [0.15, 0.2) is 60.7 Å². The van der Waals surface area contributed by atoms with Gasteiger partial charge in [-0.25, -0.2) is 14.4 Å². The number of aryl methyl sites for hydroxylation is 2. The molecule has 0 bridgehead atoms. The van der Waals surface area contributed by atoms with Crippen molar-refractivity contribution in [2.45, 2.75) is 52.5 Å². The summed E-state index contributed by atoms with van der Waals surface area (Å²) >= 11 is 1.08. The third-order valence-corrected chi connectivity index (χ3v) is 10.5. The Morgan fingerprint density at radius 2 is 2.08 bits per heavy atom. The van der Waals surface area contributed by atoms with Gasteiger partial charge in [-0.2, -0.15) is 10.4 Å². The molecule has 2 aromatic carbocycles. The number of benzene rings is 2. The molecule has 1 atom stereocenters. The van der Waals surface area contributed by atoms with E-state index in [1.165, 1.54) is 6.07 Å². The number of H-pyrrole nitrogens is 1. The lowest BCUT2D eigenvalue weighted by molar-refractivity contribution is -0.0591. The van der Waals surface area contributed by atoms with Gasteiger partial charge in [0.1, 0.15) is 23.4 Å². The van der Waals surface area contributed by atoms with Gasteiger partial charge in [0.2, 0.25) is 5.88 Å². The minimum absolute atomic E-state index is 0.0530. The summed E-state index contributed by atoms with van der Waals surface area (Å²) in [5.74, 6) is 0.669. The second-order valence-corrected chi connectivity index (χ2v) is 14.1. The summed E-state index contributed by atoms with van der Waals surface area (Å²) in [5, 5.41) is 20.4. The number of aromatic amines is 1. The van der Waals surface area contributed by atoms with E-state index in [2.05, 4.69) is 31.1 Å². The number of halogens is 1. The molecule has 6 heterocycles. The molecule has 2 aliphatic rings. The van der Waals surface area contributed by atoms with E-state index < -0.39 is 5.82 Å². The number of nitrogens with one attached hydrogen (secondary N) is 2. The second-order valence-electron chi connectivity index (χ2n) is 13.0. The Morgan fingerprint density at radius 3 is 2.84 bits per heavy atom. The summed E-state index contributed by atoms with van der Waals surface area (Å²) in [5.41, 5.74) is 7.87.